The molecule has 0 spiro atoms. The zero-order chi connectivity index (χ0) is 10.2. The first kappa shape index (κ1) is 16.7. The Morgan fingerprint density at radius 1 is 1.00 bits per heavy atom. The average molecular weight is 255 g/mol. The van der Waals surface area contributed by atoms with Crippen LogP contribution in [0.5, 0.6) is 0 Å². The van der Waals surface area contributed by atoms with E-state index in [4.69, 9.17) is 0 Å². The second-order valence-electron chi connectivity index (χ2n) is 1.45. The second-order valence-corrected chi connectivity index (χ2v) is 2.25. The number of halogens is 6. The molecule has 0 fully saturated rings. The molecule has 0 N–H and O–H groups in total. The Morgan fingerprint density at radius 3 is 1.23 bits per heavy atom. The SMILES string of the molecule is O=S([O-])N(C(F)(F)F)C(F)(F)F.[K]. The van der Waals surface area contributed by atoms with Crippen molar-refractivity contribution in [2.24, 2.45) is 0 Å². The van der Waals surface area contributed by atoms with Gasteiger partial charge in [-0.25, -0.2) is 0 Å². The molecule has 0 aliphatic rings. The normalized spacial score (nSPS) is 15.4. The molecule has 0 aromatic carbocycles. The van der Waals surface area contributed by atoms with Crippen LogP contribution in [0.1, 0.15) is 0 Å². The Bertz CT molecular complexity index is 176. The first-order valence-corrected chi connectivity index (χ1v) is 3.13. The van der Waals surface area contributed by atoms with Gasteiger partial charge < -0.3 is 4.55 Å². The van der Waals surface area contributed by atoms with Crippen LogP contribution in [-0.2, 0) is 11.3 Å². The van der Waals surface area contributed by atoms with E-state index in [2.05, 4.69) is 0 Å². The summed E-state index contributed by atoms with van der Waals surface area (Å²) < 4.78 is 84.1. The van der Waals surface area contributed by atoms with Crippen molar-refractivity contribution in [2.75, 3.05) is 0 Å². The fourth-order valence-corrected chi connectivity index (χ4v) is 0.651. The molecule has 0 aliphatic carbocycles. The van der Waals surface area contributed by atoms with E-state index in [0.717, 1.165) is 0 Å². The molecule has 1 atom stereocenters. The van der Waals surface area contributed by atoms with E-state index in [1.807, 2.05) is 0 Å². The third-order valence-electron chi connectivity index (χ3n) is 0.610. The van der Waals surface area contributed by atoms with Gasteiger partial charge in [0.05, 0.1) is 0 Å². The minimum absolute atomic E-state index is 0. The molecule has 3 nitrogen and oxygen atoms in total. The summed E-state index contributed by atoms with van der Waals surface area (Å²) in [5, 5.41) is 0. The van der Waals surface area contributed by atoms with Gasteiger partial charge in [0.2, 0.25) is 0 Å². The molecule has 75 valence electrons. The molecule has 1 radical (unpaired) electrons. The summed E-state index contributed by atoms with van der Waals surface area (Å²) in [6.45, 7) is 0. The van der Waals surface area contributed by atoms with Gasteiger partial charge in [0.15, 0.2) is 0 Å². The van der Waals surface area contributed by atoms with Gasteiger partial charge in [-0.3, -0.25) is 4.21 Å². The largest absolute Gasteiger partial charge is 0.759 e. The van der Waals surface area contributed by atoms with E-state index in [1.54, 1.807) is 0 Å². The molecule has 13 heavy (non-hydrogen) atoms. The van der Waals surface area contributed by atoms with Crippen molar-refractivity contribution in [2.45, 2.75) is 12.6 Å². The van der Waals surface area contributed by atoms with Crippen LogP contribution in [0, 0.1) is 0 Å². The van der Waals surface area contributed by atoms with E-state index in [-0.39, 0.29) is 51.4 Å². The smallest absolute Gasteiger partial charge is 0.477 e. The predicted octanol–water partition coefficient (Wildman–Crippen LogP) is 0.741. The minimum Gasteiger partial charge on any atom is -0.759 e. The number of hydrogen-bond acceptors (Lipinski definition) is 2. The van der Waals surface area contributed by atoms with E-state index in [1.165, 1.54) is 0 Å². The van der Waals surface area contributed by atoms with E-state index >= 15 is 0 Å². The van der Waals surface area contributed by atoms with Gasteiger partial charge in [-0.2, -0.15) is 26.3 Å². The first-order chi connectivity index (χ1) is 5.07. The van der Waals surface area contributed by atoms with Crippen LogP contribution in [0.3, 0.4) is 0 Å². The third kappa shape index (κ3) is 5.66. The van der Waals surface area contributed by atoms with Gasteiger partial charge in [-0.1, -0.05) is 0 Å². The number of hydrogen-bond donors (Lipinski definition) is 0. The summed E-state index contributed by atoms with van der Waals surface area (Å²) in [5.41, 5.74) is 0. The Balaban J connectivity index is 0. The fourth-order valence-electron chi connectivity index (χ4n) is 0.313. The molecular weight excluding hydrogens is 255 g/mol. The van der Waals surface area contributed by atoms with Gasteiger partial charge in [-0.05, 0) is 4.31 Å². The number of alkyl halides is 6. The molecule has 0 aromatic heterocycles. The predicted molar refractivity (Wildman–Crippen MR) is 28.6 cm³/mol. The maximum atomic E-state index is 11.3. The summed E-state index contributed by atoms with van der Waals surface area (Å²) in [4.78, 5) is 0. The zero-order valence-corrected chi connectivity index (χ0v) is 9.88. The van der Waals surface area contributed by atoms with Crippen molar-refractivity contribution in [3.63, 3.8) is 0 Å². The summed E-state index contributed by atoms with van der Waals surface area (Å²) >= 11 is -4.41. The second kappa shape index (κ2) is 5.39. The molecule has 0 amide bonds. The van der Waals surface area contributed by atoms with Crippen LogP contribution in [0.15, 0.2) is 0 Å². The summed E-state index contributed by atoms with van der Waals surface area (Å²) in [6, 6.07) is 0. The van der Waals surface area contributed by atoms with E-state index in [0.29, 0.717) is 0 Å². The van der Waals surface area contributed by atoms with Crippen molar-refractivity contribution in [3.05, 3.63) is 0 Å². The Hall–Kier alpha value is 1.29. The van der Waals surface area contributed by atoms with E-state index in [9.17, 15) is 35.1 Å². The number of rotatable bonds is 1. The quantitative estimate of drug-likeness (QED) is 0.300. The molecule has 0 heterocycles. The monoisotopic (exact) mass is 255 g/mol. The number of nitrogens with zero attached hydrogens (tertiary/aromatic N) is 1. The molecule has 0 rings (SSSR count). The van der Waals surface area contributed by atoms with Crippen LogP contribution in [0.2, 0.25) is 0 Å². The van der Waals surface area contributed by atoms with Crippen LogP contribution >= 0.6 is 0 Å². The Morgan fingerprint density at radius 2 is 1.23 bits per heavy atom. The van der Waals surface area contributed by atoms with Gasteiger partial charge in [0, 0.05) is 62.7 Å². The van der Waals surface area contributed by atoms with Crippen molar-refractivity contribution < 1.29 is 35.1 Å². The molecule has 11 heteroatoms. The molecule has 0 saturated heterocycles. The average Bonchev–Trinajstić information content (AvgIpc) is 1.49. The van der Waals surface area contributed by atoms with Crippen LogP contribution in [-0.4, -0.2) is 77.1 Å². The molecule has 0 aromatic rings. The third-order valence-corrected chi connectivity index (χ3v) is 1.32. The Labute approximate surface area is 113 Å². The topological polar surface area (TPSA) is 43.4 Å². The summed E-state index contributed by atoms with van der Waals surface area (Å²) in [6.07, 6.45) is -12.0. The Kier molecular flexibility index (Phi) is 6.93. The molecule has 1 unspecified atom stereocenters. The van der Waals surface area contributed by atoms with Crippen molar-refractivity contribution >= 4 is 62.7 Å². The van der Waals surface area contributed by atoms with Gasteiger partial charge in [-0.15, -0.1) is 0 Å². The first-order valence-electron chi connectivity index (χ1n) is 2.10. The van der Waals surface area contributed by atoms with Crippen LogP contribution < -0.4 is 0 Å². The standard InChI is InChI=1S/C2HF6NO2S.K/c3-1(4,5)9(12(10)11)2(6,7)8;/h(H,10,11);/p-1. The van der Waals surface area contributed by atoms with Crippen molar-refractivity contribution in [1.29, 1.82) is 0 Å². The minimum atomic E-state index is -5.98. The fraction of sp³-hybridized carbons (Fsp3) is 1.00. The maximum Gasteiger partial charge on any atom is 0.477 e. The van der Waals surface area contributed by atoms with Crippen molar-refractivity contribution in [1.82, 2.24) is 4.31 Å². The molecule has 0 saturated carbocycles. The zero-order valence-electron chi connectivity index (χ0n) is 5.94. The van der Waals surface area contributed by atoms with Crippen LogP contribution in [0.4, 0.5) is 26.3 Å². The summed E-state index contributed by atoms with van der Waals surface area (Å²) in [7, 11) is 0. The van der Waals surface area contributed by atoms with Crippen LogP contribution in [0.25, 0.3) is 0 Å². The summed E-state index contributed by atoms with van der Waals surface area (Å²) in [5.74, 6) is 0. The maximum absolute atomic E-state index is 11.3. The van der Waals surface area contributed by atoms with Gasteiger partial charge in [0.1, 0.15) is 0 Å². The molecule has 0 bridgehead atoms. The van der Waals surface area contributed by atoms with Gasteiger partial charge in [0.25, 0.3) is 0 Å². The van der Waals surface area contributed by atoms with E-state index < -0.39 is 28.2 Å². The van der Waals surface area contributed by atoms with Crippen molar-refractivity contribution in [3.8, 4) is 0 Å². The molecule has 0 aliphatic heterocycles. The van der Waals surface area contributed by atoms with Gasteiger partial charge >= 0.3 is 12.6 Å². The molecular formula is C2F6KNO2S-.